The normalized spacial score (nSPS) is 17.2. The average Bonchev–Trinajstić information content (AvgIpc) is 3.34. The van der Waals surface area contributed by atoms with Crippen LogP contribution in [-0.4, -0.2) is 28.8 Å². The fourth-order valence-corrected chi connectivity index (χ4v) is 3.71. The third-order valence-corrected chi connectivity index (χ3v) is 5.45. The van der Waals surface area contributed by atoms with E-state index in [-0.39, 0.29) is 35.5 Å². The number of carbonyl (C=O) groups excluding carboxylic acids is 1. The summed E-state index contributed by atoms with van der Waals surface area (Å²) in [5, 5.41) is 3.82. The summed E-state index contributed by atoms with van der Waals surface area (Å²) in [5.41, 5.74) is 0.225. The SMILES string of the molecule is CSc1cccc(N2CC(c3nc(-c4cccc(C(F)(F)F)c4)no3)CC2=O)c1. The lowest BCUT2D eigenvalue weighted by atomic mass is 10.1. The molecule has 0 N–H and O–H groups in total. The molecule has 1 aliphatic rings. The molecule has 1 fully saturated rings. The molecule has 3 aromatic rings. The molecule has 2 heterocycles. The second-order valence-corrected chi connectivity index (χ2v) is 7.52. The number of halogens is 3. The van der Waals surface area contributed by atoms with Gasteiger partial charge in [0.2, 0.25) is 17.6 Å². The maximum absolute atomic E-state index is 12.9. The first kappa shape index (κ1) is 19.5. The van der Waals surface area contributed by atoms with Crippen LogP contribution in [0.2, 0.25) is 0 Å². The van der Waals surface area contributed by atoms with Crippen molar-refractivity contribution in [3.8, 4) is 11.4 Å². The molecule has 1 unspecified atom stereocenters. The highest BCUT2D eigenvalue weighted by Gasteiger charge is 2.35. The van der Waals surface area contributed by atoms with Crippen LogP contribution >= 0.6 is 11.8 Å². The van der Waals surface area contributed by atoms with Crippen molar-refractivity contribution in [1.29, 1.82) is 0 Å². The van der Waals surface area contributed by atoms with Crippen LogP contribution in [-0.2, 0) is 11.0 Å². The topological polar surface area (TPSA) is 59.2 Å². The minimum absolute atomic E-state index is 0.0629. The number of rotatable bonds is 4. The summed E-state index contributed by atoms with van der Waals surface area (Å²) in [4.78, 5) is 19.5. The number of thioether (sulfide) groups is 1. The first-order valence-electron chi connectivity index (χ1n) is 8.81. The Morgan fingerprint density at radius 3 is 2.72 bits per heavy atom. The van der Waals surface area contributed by atoms with Gasteiger partial charge in [0, 0.05) is 29.1 Å². The van der Waals surface area contributed by atoms with Gasteiger partial charge in [0.25, 0.3) is 0 Å². The number of aromatic nitrogens is 2. The summed E-state index contributed by atoms with van der Waals surface area (Å²) in [5.74, 6) is -0.0600. The molecule has 2 aromatic carbocycles. The lowest BCUT2D eigenvalue weighted by Crippen LogP contribution is -2.24. The van der Waals surface area contributed by atoms with Crippen LogP contribution in [0.3, 0.4) is 0 Å². The zero-order valence-corrected chi connectivity index (χ0v) is 16.1. The van der Waals surface area contributed by atoms with Crippen LogP contribution in [0.4, 0.5) is 18.9 Å². The summed E-state index contributed by atoms with van der Waals surface area (Å²) in [6, 6.07) is 12.4. The maximum Gasteiger partial charge on any atom is 0.416 e. The van der Waals surface area contributed by atoms with Crippen LogP contribution in [0, 0.1) is 0 Å². The molecule has 1 amide bonds. The summed E-state index contributed by atoms with van der Waals surface area (Å²) in [6.07, 6.45) is -2.29. The number of hydrogen-bond donors (Lipinski definition) is 0. The molecule has 0 spiro atoms. The van der Waals surface area contributed by atoms with Crippen LogP contribution in [0.5, 0.6) is 0 Å². The minimum Gasteiger partial charge on any atom is -0.339 e. The monoisotopic (exact) mass is 419 g/mol. The van der Waals surface area contributed by atoms with Crippen LogP contribution < -0.4 is 4.90 Å². The largest absolute Gasteiger partial charge is 0.416 e. The molecule has 0 radical (unpaired) electrons. The lowest BCUT2D eigenvalue weighted by molar-refractivity contribution is -0.137. The van der Waals surface area contributed by atoms with Crippen molar-refractivity contribution in [2.24, 2.45) is 0 Å². The van der Waals surface area contributed by atoms with Crippen LogP contribution in [0.25, 0.3) is 11.4 Å². The van der Waals surface area contributed by atoms with Gasteiger partial charge in [-0.05, 0) is 36.6 Å². The number of anilines is 1. The predicted molar refractivity (Wildman–Crippen MR) is 103 cm³/mol. The van der Waals surface area contributed by atoms with E-state index in [2.05, 4.69) is 10.1 Å². The van der Waals surface area contributed by atoms with Crippen molar-refractivity contribution in [1.82, 2.24) is 10.1 Å². The van der Waals surface area contributed by atoms with Crippen molar-refractivity contribution >= 4 is 23.4 Å². The molecule has 1 aromatic heterocycles. The molecule has 1 aliphatic heterocycles. The molecular formula is C20H16F3N3O2S. The van der Waals surface area contributed by atoms with E-state index in [9.17, 15) is 18.0 Å². The fraction of sp³-hybridized carbons (Fsp3) is 0.250. The predicted octanol–water partition coefficient (Wildman–Crippen LogP) is 5.00. The highest BCUT2D eigenvalue weighted by Crippen LogP contribution is 2.34. The van der Waals surface area contributed by atoms with E-state index < -0.39 is 11.7 Å². The number of hydrogen-bond acceptors (Lipinski definition) is 5. The zero-order valence-electron chi connectivity index (χ0n) is 15.3. The van der Waals surface area contributed by atoms with Gasteiger partial charge in [0.15, 0.2) is 0 Å². The molecule has 5 nitrogen and oxygen atoms in total. The number of alkyl halides is 3. The van der Waals surface area contributed by atoms with Gasteiger partial charge in [0.05, 0.1) is 11.5 Å². The van der Waals surface area contributed by atoms with E-state index in [0.29, 0.717) is 6.54 Å². The highest BCUT2D eigenvalue weighted by molar-refractivity contribution is 7.98. The maximum atomic E-state index is 12.9. The number of nitrogens with zero attached hydrogens (tertiary/aromatic N) is 3. The second-order valence-electron chi connectivity index (χ2n) is 6.64. The molecule has 0 saturated carbocycles. The van der Waals surface area contributed by atoms with Gasteiger partial charge in [0.1, 0.15) is 0 Å². The number of benzene rings is 2. The van der Waals surface area contributed by atoms with Crippen molar-refractivity contribution in [2.45, 2.75) is 23.4 Å². The third-order valence-electron chi connectivity index (χ3n) is 4.73. The molecule has 29 heavy (non-hydrogen) atoms. The summed E-state index contributed by atoms with van der Waals surface area (Å²) in [7, 11) is 0. The van der Waals surface area contributed by atoms with Gasteiger partial charge >= 0.3 is 6.18 Å². The zero-order chi connectivity index (χ0) is 20.6. The van der Waals surface area contributed by atoms with E-state index in [0.717, 1.165) is 22.7 Å². The van der Waals surface area contributed by atoms with E-state index in [1.165, 1.54) is 12.1 Å². The standard InChI is InChI=1S/C20H16F3N3O2S/c1-29-16-7-3-6-15(10-16)26-11-13(9-17(26)27)19-24-18(25-28-19)12-4-2-5-14(8-12)20(21,22)23/h2-8,10,13H,9,11H2,1H3. The Labute approximate surface area is 168 Å². The molecule has 0 bridgehead atoms. The summed E-state index contributed by atoms with van der Waals surface area (Å²) >= 11 is 1.59. The van der Waals surface area contributed by atoms with Crippen LogP contribution in [0.1, 0.15) is 23.8 Å². The van der Waals surface area contributed by atoms with Crippen molar-refractivity contribution < 1.29 is 22.5 Å². The van der Waals surface area contributed by atoms with E-state index in [1.807, 2.05) is 30.5 Å². The highest BCUT2D eigenvalue weighted by atomic mass is 32.2. The Bertz CT molecular complexity index is 1050. The summed E-state index contributed by atoms with van der Waals surface area (Å²) < 4.78 is 44.1. The van der Waals surface area contributed by atoms with E-state index in [1.54, 1.807) is 16.7 Å². The van der Waals surface area contributed by atoms with Gasteiger partial charge in [-0.3, -0.25) is 4.79 Å². The van der Waals surface area contributed by atoms with Gasteiger partial charge in [-0.2, -0.15) is 18.2 Å². The van der Waals surface area contributed by atoms with Crippen molar-refractivity contribution in [3.05, 3.63) is 60.0 Å². The van der Waals surface area contributed by atoms with Crippen molar-refractivity contribution in [2.75, 3.05) is 17.7 Å². The first-order chi connectivity index (χ1) is 13.8. The molecule has 150 valence electrons. The van der Waals surface area contributed by atoms with E-state index in [4.69, 9.17) is 4.52 Å². The van der Waals surface area contributed by atoms with Crippen LogP contribution in [0.15, 0.2) is 57.9 Å². The molecule has 1 atom stereocenters. The summed E-state index contributed by atoms with van der Waals surface area (Å²) in [6.45, 7) is 0.376. The molecule has 0 aliphatic carbocycles. The third kappa shape index (κ3) is 4.00. The van der Waals surface area contributed by atoms with Gasteiger partial charge < -0.3 is 9.42 Å². The number of carbonyl (C=O) groups is 1. The smallest absolute Gasteiger partial charge is 0.339 e. The Balaban J connectivity index is 1.55. The van der Waals surface area contributed by atoms with Crippen molar-refractivity contribution in [3.63, 3.8) is 0 Å². The molecule has 1 saturated heterocycles. The Morgan fingerprint density at radius 2 is 1.97 bits per heavy atom. The Morgan fingerprint density at radius 1 is 1.17 bits per heavy atom. The number of amides is 1. The van der Waals surface area contributed by atoms with Gasteiger partial charge in [-0.1, -0.05) is 23.4 Å². The van der Waals surface area contributed by atoms with Gasteiger partial charge in [-0.25, -0.2) is 0 Å². The minimum atomic E-state index is -4.45. The van der Waals surface area contributed by atoms with E-state index >= 15 is 0 Å². The Hall–Kier alpha value is -2.81. The molecule has 9 heteroatoms. The Kier molecular flexibility index (Phi) is 5.08. The fourth-order valence-electron chi connectivity index (χ4n) is 3.25. The lowest BCUT2D eigenvalue weighted by Gasteiger charge is -2.16. The quantitative estimate of drug-likeness (QED) is 0.557. The first-order valence-corrected chi connectivity index (χ1v) is 10.0. The average molecular weight is 419 g/mol. The van der Waals surface area contributed by atoms with Gasteiger partial charge in [-0.15, -0.1) is 11.8 Å². The molecule has 4 rings (SSSR count). The molecular weight excluding hydrogens is 403 g/mol. The second kappa shape index (κ2) is 7.55.